The average Bonchev–Trinajstić information content (AvgIpc) is 2.65. The molecule has 0 radical (unpaired) electrons. The Morgan fingerprint density at radius 2 is 1.89 bits per heavy atom. The van der Waals surface area contributed by atoms with Crippen molar-refractivity contribution in [1.29, 1.82) is 0 Å². The van der Waals surface area contributed by atoms with Crippen molar-refractivity contribution in [1.82, 2.24) is 0 Å². The lowest BCUT2D eigenvalue weighted by Crippen LogP contribution is -2.42. The summed E-state index contributed by atoms with van der Waals surface area (Å²) in [5, 5.41) is 19.4. The van der Waals surface area contributed by atoms with Crippen LogP contribution in [0.3, 0.4) is 0 Å². The maximum atomic E-state index is 12.2. The normalized spacial score (nSPS) is 31.8. The predicted molar refractivity (Wildman–Crippen MR) is 67.0 cm³/mol. The maximum absolute atomic E-state index is 12.2. The summed E-state index contributed by atoms with van der Waals surface area (Å²) < 4.78 is 7.59. The Morgan fingerprint density at radius 3 is 2.32 bits per heavy atom. The van der Waals surface area contributed by atoms with Crippen molar-refractivity contribution in [2.24, 2.45) is 5.92 Å². The van der Waals surface area contributed by atoms with E-state index in [0.29, 0.717) is 12.8 Å². The summed E-state index contributed by atoms with van der Waals surface area (Å²) >= 11 is 0. The molecule has 2 aliphatic heterocycles. The smallest absolute Gasteiger partial charge is 0.317 e. The largest absolute Gasteiger partial charge is 0.451 e. The second-order valence-corrected chi connectivity index (χ2v) is 6.45. The molecule has 2 N–H and O–H groups in total. The van der Waals surface area contributed by atoms with Gasteiger partial charge in [-0.25, -0.2) is 0 Å². The Morgan fingerprint density at radius 1 is 1.26 bits per heavy atom. The van der Waals surface area contributed by atoms with Crippen LogP contribution in [0.4, 0.5) is 0 Å². The summed E-state index contributed by atoms with van der Waals surface area (Å²) in [5.74, 6) is -0.744. The van der Waals surface area contributed by atoms with Crippen molar-refractivity contribution in [3.05, 3.63) is 0 Å². The van der Waals surface area contributed by atoms with Crippen LogP contribution in [-0.4, -0.2) is 55.5 Å². The minimum absolute atomic E-state index is 0.342. The first-order valence-electron chi connectivity index (χ1n) is 6.50. The molecule has 106 valence electrons. The molecule has 0 fully saturated rings. The molecule has 2 atom stereocenters. The molecular formula is C13H22N2O4+2. The van der Waals surface area contributed by atoms with Crippen LogP contribution < -0.4 is 0 Å². The van der Waals surface area contributed by atoms with Crippen LogP contribution in [0.25, 0.3) is 0 Å². The third kappa shape index (κ3) is 2.31. The number of esters is 1. The number of ether oxygens (including phenoxy) is 1. The zero-order valence-corrected chi connectivity index (χ0v) is 11.8. The molecule has 0 aromatic heterocycles. The maximum Gasteiger partial charge on any atom is 0.317 e. The van der Waals surface area contributed by atoms with Crippen LogP contribution in [0.2, 0.25) is 0 Å². The highest BCUT2D eigenvalue weighted by molar-refractivity contribution is 5.80. The van der Waals surface area contributed by atoms with Gasteiger partial charge in [0.1, 0.15) is 5.92 Å². The Bertz CT molecular complexity index is 465. The molecule has 0 aromatic rings. The molecule has 2 heterocycles. The van der Waals surface area contributed by atoms with Crippen molar-refractivity contribution in [3.63, 3.8) is 0 Å². The molecule has 2 rings (SSSR count). The highest BCUT2D eigenvalue weighted by atomic mass is 16.6. The van der Waals surface area contributed by atoms with E-state index in [1.165, 1.54) is 6.21 Å². The SMILES string of the molecule is CC1(C)CC(OC(=O)C2CC=[N+](O)C2(C)C)C=[N+]1O. The molecule has 0 bridgehead atoms. The lowest BCUT2D eigenvalue weighted by Gasteiger charge is -2.20. The number of nitrogens with zero attached hydrogens (tertiary/aromatic N) is 2. The van der Waals surface area contributed by atoms with Crippen LogP contribution in [-0.2, 0) is 9.53 Å². The second kappa shape index (κ2) is 4.21. The van der Waals surface area contributed by atoms with Gasteiger partial charge in [0, 0.05) is 34.1 Å². The summed E-state index contributed by atoms with van der Waals surface area (Å²) in [7, 11) is 0. The predicted octanol–water partition coefficient (Wildman–Crippen LogP) is 0.824. The van der Waals surface area contributed by atoms with Gasteiger partial charge in [-0.3, -0.25) is 15.2 Å². The van der Waals surface area contributed by atoms with E-state index in [0.717, 1.165) is 9.48 Å². The summed E-state index contributed by atoms with van der Waals surface area (Å²) in [6.45, 7) is 7.34. The number of hydroxylamine groups is 2. The van der Waals surface area contributed by atoms with E-state index >= 15 is 0 Å². The molecule has 0 spiro atoms. The molecule has 0 aromatic carbocycles. The van der Waals surface area contributed by atoms with Crippen molar-refractivity contribution in [2.75, 3.05) is 0 Å². The van der Waals surface area contributed by atoms with Gasteiger partial charge in [-0.2, -0.15) is 0 Å². The topological polar surface area (TPSA) is 72.8 Å². The quantitative estimate of drug-likeness (QED) is 0.443. The summed E-state index contributed by atoms with van der Waals surface area (Å²) in [6, 6.07) is 0. The fourth-order valence-corrected chi connectivity index (χ4v) is 2.57. The van der Waals surface area contributed by atoms with Crippen LogP contribution in [0.5, 0.6) is 0 Å². The van der Waals surface area contributed by atoms with Crippen LogP contribution in [0.1, 0.15) is 40.5 Å². The standard InChI is InChI=1S/C13H22N2O4/c1-12(2)7-9(8-15(12)18)19-11(16)10-5-6-14(17)13(10,3)4/h6,8-10,17-18H,5,7H2,1-4H3/q+2. The highest BCUT2D eigenvalue weighted by Gasteiger charge is 2.52. The van der Waals surface area contributed by atoms with E-state index in [2.05, 4.69) is 0 Å². The minimum atomic E-state index is -0.663. The first-order chi connectivity index (χ1) is 8.64. The summed E-state index contributed by atoms with van der Waals surface area (Å²) in [5.41, 5.74) is -1.09. The molecule has 0 saturated heterocycles. The number of carbonyl (C=O) groups excluding carboxylic acids is 1. The molecular weight excluding hydrogens is 248 g/mol. The molecule has 0 amide bonds. The van der Waals surface area contributed by atoms with Gasteiger partial charge in [0.05, 0.1) is 6.42 Å². The fourth-order valence-electron chi connectivity index (χ4n) is 2.57. The van der Waals surface area contributed by atoms with Crippen LogP contribution >= 0.6 is 0 Å². The molecule has 0 saturated carbocycles. The minimum Gasteiger partial charge on any atom is -0.451 e. The van der Waals surface area contributed by atoms with Gasteiger partial charge in [0.15, 0.2) is 12.3 Å². The zero-order valence-electron chi connectivity index (χ0n) is 11.8. The van der Waals surface area contributed by atoms with Crippen LogP contribution in [0, 0.1) is 5.92 Å². The van der Waals surface area contributed by atoms with Gasteiger partial charge in [-0.05, 0) is 9.48 Å². The van der Waals surface area contributed by atoms with Gasteiger partial charge >= 0.3 is 5.97 Å². The van der Waals surface area contributed by atoms with E-state index in [9.17, 15) is 15.2 Å². The second-order valence-electron chi connectivity index (χ2n) is 6.45. The Labute approximate surface area is 112 Å². The van der Waals surface area contributed by atoms with Crippen molar-refractivity contribution >= 4 is 18.4 Å². The zero-order chi connectivity index (χ0) is 14.4. The average molecular weight is 270 g/mol. The van der Waals surface area contributed by atoms with Crippen LogP contribution in [0.15, 0.2) is 0 Å². The number of hydrogen-bond donors (Lipinski definition) is 2. The van der Waals surface area contributed by atoms with Gasteiger partial charge in [-0.15, -0.1) is 0 Å². The number of rotatable bonds is 2. The van der Waals surface area contributed by atoms with Crippen molar-refractivity contribution < 1.29 is 29.4 Å². The van der Waals surface area contributed by atoms with E-state index in [4.69, 9.17) is 4.74 Å². The summed E-state index contributed by atoms with van der Waals surface area (Å²) in [4.78, 5) is 12.2. The fraction of sp³-hybridized carbons (Fsp3) is 0.769. The third-order valence-corrected chi connectivity index (χ3v) is 4.14. The van der Waals surface area contributed by atoms with E-state index in [1.54, 1.807) is 20.1 Å². The van der Waals surface area contributed by atoms with Gasteiger partial charge in [0.2, 0.25) is 17.3 Å². The molecule has 2 aliphatic rings. The summed E-state index contributed by atoms with van der Waals surface area (Å²) in [6.07, 6.45) is 3.69. The first kappa shape index (κ1) is 13.8. The first-order valence-corrected chi connectivity index (χ1v) is 6.50. The third-order valence-electron chi connectivity index (χ3n) is 4.14. The Hall–Kier alpha value is -1.59. The molecule has 6 nitrogen and oxygen atoms in total. The van der Waals surface area contributed by atoms with Gasteiger partial charge in [-0.1, -0.05) is 0 Å². The van der Waals surface area contributed by atoms with Gasteiger partial charge < -0.3 is 4.74 Å². The Kier molecular flexibility index (Phi) is 3.07. The van der Waals surface area contributed by atoms with Crippen molar-refractivity contribution in [2.45, 2.75) is 57.7 Å². The lowest BCUT2D eigenvalue weighted by atomic mass is 9.88. The molecule has 6 heteroatoms. The van der Waals surface area contributed by atoms with E-state index in [1.807, 2.05) is 13.8 Å². The van der Waals surface area contributed by atoms with Crippen molar-refractivity contribution in [3.8, 4) is 0 Å². The van der Waals surface area contributed by atoms with E-state index in [-0.39, 0.29) is 5.97 Å². The van der Waals surface area contributed by atoms with E-state index < -0.39 is 23.1 Å². The molecule has 0 aliphatic carbocycles. The van der Waals surface area contributed by atoms with Gasteiger partial charge in [0.25, 0.3) is 0 Å². The number of hydrogen-bond acceptors (Lipinski definition) is 4. The Balaban J connectivity index is 2.01. The highest BCUT2D eigenvalue weighted by Crippen LogP contribution is 2.30. The number of carbonyl (C=O) groups is 1. The lowest BCUT2D eigenvalue weighted by molar-refractivity contribution is -0.817. The monoisotopic (exact) mass is 270 g/mol. The molecule has 19 heavy (non-hydrogen) atoms. The molecule has 2 unspecified atom stereocenters.